The molecule has 3 heterocycles. The number of halogens is 6. The van der Waals surface area contributed by atoms with E-state index in [0.29, 0.717) is 12.6 Å². The molecule has 2 aromatic rings. The molecule has 0 aromatic carbocycles. The minimum atomic E-state index is -4.74. The van der Waals surface area contributed by atoms with Crippen LogP contribution >= 0.6 is 0 Å². The topological polar surface area (TPSA) is 79.8 Å². The zero-order valence-electron chi connectivity index (χ0n) is 15.6. The lowest BCUT2D eigenvalue weighted by atomic mass is 10.1. The second-order valence-corrected chi connectivity index (χ2v) is 6.93. The van der Waals surface area contributed by atoms with Gasteiger partial charge in [-0.05, 0) is 31.4 Å². The Morgan fingerprint density at radius 1 is 1.07 bits per heavy atom. The Hall–Kier alpha value is -2.76. The first-order valence-corrected chi connectivity index (χ1v) is 8.94. The molecular formula is C18H17F6N5O. The number of alkyl halides is 6. The van der Waals surface area contributed by atoms with E-state index in [1.54, 1.807) is 0 Å². The van der Waals surface area contributed by atoms with Crippen LogP contribution in [-0.2, 0) is 23.7 Å². The third-order valence-corrected chi connectivity index (χ3v) is 4.64. The van der Waals surface area contributed by atoms with Gasteiger partial charge in [0.05, 0.1) is 17.3 Å². The number of hydrogen-bond donors (Lipinski definition) is 2. The smallest absolute Gasteiger partial charge is 0.351 e. The number of carbonyl (C=O) groups excluding carboxylic acids is 1. The quantitative estimate of drug-likeness (QED) is 0.724. The molecule has 0 spiro atoms. The predicted molar refractivity (Wildman–Crippen MR) is 92.7 cm³/mol. The standard InChI is InChI=1S/C18H17F6N5O/c1-9-2-3-13(29-9)15(30)26-5-10-4-14(25-8-12(10)17(19,20)21)11-6-27-16(28-7-11)18(22,23)24/h4,6-9,13,29H,2-3,5H2,1H3,(H,26,30). The first-order chi connectivity index (χ1) is 13.9. The average Bonchev–Trinajstić information content (AvgIpc) is 3.11. The highest BCUT2D eigenvalue weighted by Gasteiger charge is 2.36. The maximum absolute atomic E-state index is 13.3. The SMILES string of the molecule is CC1CCC(C(=O)NCc2cc(-c3cnc(C(F)(F)F)nc3)ncc2C(F)(F)F)N1. The number of nitrogens with zero attached hydrogens (tertiary/aromatic N) is 3. The molecule has 2 aromatic heterocycles. The summed E-state index contributed by atoms with van der Waals surface area (Å²) in [7, 11) is 0. The molecule has 1 fully saturated rings. The molecule has 1 amide bonds. The number of aromatic nitrogens is 3. The molecule has 3 rings (SSSR count). The third kappa shape index (κ3) is 5.04. The highest BCUT2D eigenvalue weighted by molar-refractivity contribution is 5.82. The Morgan fingerprint density at radius 3 is 2.27 bits per heavy atom. The fourth-order valence-electron chi connectivity index (χ4n) is 3.10. The lowest BCUT2D eigenvalue weighted by molar-refractivity contribution is -0.145. The fraction of sp³-hybridized carbons (Fsp3) is 0.444. The van der Waals surface area contributed by atoms with Crippen LogP contribution in [0, 0.1) is 0 Å². The first-order valence-electron chi connectivity index (χ1n) is 8.94. The van der Waals surface area contributed by atoms with Gasteiger partial charge in [-0.15, -0.1) is 0 Å². The summed E-state index contributed by atoms with van der Waals surface area (Å²) >= 11 is 0. The fourth-order valence-corrected chi connectivity index (χ4v) is 3.10. The van der Waals surface area contributed by atoms with Crippen LogP contribution in [0.4, 0.5) is 26.3 Å². The summed E-state index contributed by atoms with van der Waals surface area (Å²) in [6.45, 7) is 1.48. The predicted octanol–water partition coefficient (Wildman–Crippen LogP) is 3.33. The summed E-state index contributed by atoms with van der Waals surface area (Å²) in [5.74, 6) is -1.80. The van der Waals surface area contributed by atoms with Gasteiger partial charge in [-0.25, -0.2) is 9.97 Å². The Morgan fingerprint density at radius 2 is 1.73 bits per heavy atom. The van der Waals surface area contributed by atoms with E-state index >= 15 is 0 Å². The average molecular weight is 433 g/mol. The van der Waals surface area contributed by atoms with Gasteiger partial charge < -0.3 is 10.6 Å². The highest BCUT2D eigenvalue weighted by Crippen LogP contribution is 2.33. The van der Waals surface area contributed by atoms with Crippen molar-refractivity contribution >= 4 is 5.91 Å². The highest BCUT2D eigenvalue weighted by atomic mass is 19.4. The summed E-state index contributed by atoms with van der Waals surface area (Å²) in [6.07, 6.45) is -5.88. The van der Waals surface area contributed by atoms with Crippen molar-refractivity contribution in [1.29, 1.82) is 0 Å². The van der Waals surface area contributed by atoms with E-state index in [1.165, 1.54) is 0 Å². The monoisotopic (exact) mass is 433 g/mol. The lowest BCUT2D eigenvalue weighted by Crippen LogP contribution is -2.42. The minimum Gasteiger partial charge on any atom is -0.351 e. The van der Waals surface area contributed by atoms with E-state index in [9.17, 15) is 31.1 Å². The van der Waals surface area contributed by atoms with Gasteiger partial charge in [0, 0.05) is 36.7 Å². The Bertz CT molecular complexity index is 913. The maximum Gasteiger partial charge on any atom is 0.451 e. The summed E-state index contributed by atoms with van der Waals surface area (Å²) < 4.78 is 77.7. The van der Waals surface area contributed by atoms with Gasteiger partial charge in [-0.1, -0.05) is 0 Å². The van der Waals surface area contributed by atoms with Crippen LogP contribution in [0.3, 0.4) is 0 Å². The Labute approximate surface area is 167 Å². The van der Waals surface area contributed by atoms with Gasteiger partial charge in [-0.3, -0.25) is 9.78 Å². The number of hydrogen-bond acceptors (Lipinski definition) is 5. The van der Waals surface area contributed by atoms with Crippen molar-refractivity contribution in [3.05, 3.63) is 41.6 Å². The molecular weight excluding hydrogens is 416 g/mol. The second-order valence-electron chi connectivity index (χ2n) is 6.93. The van der Waals surface area contributed by atoms with Crippen LogP contribution in [0.25, 0.3) is 11.3 Å². The summed E-state index contributed by atoms with van der Waals surface area (Å²) in [6, 6.07) is 0.706. The normalized spacial score (nSPS) is 19.7. The summed E-state index contributed by atoms with van der Waals surface area (Å²) in [4.78, 5) is 22.3. The number of pyridine rings is 1. The van der Waals surface area contributed by atoms with Crippen LogP contribution in [0.1, 0.15) is 36.7 Å². The van der Waals surface area contributed by atoms with Crippen molar-refractivity contribution in [3.8, 4) is 11.3 Å². The van der Waals surface area contributed by atoms with E-state index in [4.69, 9.17) is 0 Å². The van der Waals surface area contributed by atoms with Crippen LogP contribution in [0.15, 0.2) is 24.7 Å². The molecule has 2 unspecified atom stereocenters. The van der Waals surface area contributed by atoms with Crippen LogP contribution in [0.2, 0.25) is 0 Å². The van der Waals surface area contributed by atoms with E-state index < -0.39 is 42.2 Å². The molecule has 2 N–H and O–H groups in total. The molecule has 30 heavy (non-hydrogen) atoms. The minimum absolute atomic E-state index is 0.00980. The molecule has 0 saturated carbocycles. The van der Waals surface area contributed by atoms with E-state index in [-0.39, 0.29) is 22.9 Å². The van der Waals surface area contributed by atoms with Gasteiger partial charge in [-0.2, -0.15) is 26.3 Å². The summed E-state index contributed by atoms with van der Waals surface area (Å²) in [5, 5.41) is 5.51. The van der Waals surface area contributed by atoms with E-state index in [0.717, 1.165) is 24.9 Å². The first kappa shape index (κ1) is 21.9. The Balaban J connectivity index is 1.84. The number of rotatable bonds is 4. The van der Waals surface area contributed by atoms with Crippen LogP contribution in [-0.4, -0.2) is 32.9 Å². The van der Waals surface area contributed by atoms with Crippen LogP contribution < -0.4 is 10.6 Å². The second kappa shape index (κ2) is 8.17. The van der Waals surface area contributed by atoms with Gasteiger partial charge in [0.1, 0.15) is 0 Å². The lowest BCUT2D eigenvalue weighted by Gasteiger charge is -2.16. The van der Waals surface area contributed by atoms with Crippen molar-refractivity contribution in [2.75, 3.05) is 0 Å². The van der Waals surface area contributed by atoms with Crippen molar-refractivity contribution < 1.29 is 31.1 Å². The number of amides is 1. The molecule has 1 aliphatic heterocycles. The van der Waals surface area contributed by atoms with Crippen molar-refractivity contribution in [2.45, 2.75) is 50.7 Å². The molecule has 0 aliphatic carbocycles. The molecule has 12 heteroatoms. The zero-order valence-corrected chi connectivity index (χ0v) is 15.6. The van der Waals surface area contributed by atoms with Gasteiger partial charge in [0.25, 0.3) is 0 Å². The maximum atomic E-state index is 13.3. The van der Waals surface area contributed by atoms with E-state index in [2.05, 4.69) is 25.6 Å². The van der Waals surface area contributed by atoms with Gasteiger partial charge in [0.2, 0.25) is 11.7 Å². The third-order valence-electron chi connectivity index (χ3n) is 4.64. The zero-order chi connectivity index (χ0) is 22.1. The molecule has 0 radical (unpaired) electrons. The van der Waals surface area contributed by atoms with Crippen molar-refractivity contribution in [2.24, 2.45) is 0 Å². The molecule has 2 atom stereocenters. The molecule has 1 aliphatic rings. The van der Waals surface area contributed by atoms with Crippen molar-refractivity contribution in [1.82, 2.24) is 25.6 Å². The largest absolute Gasteiger partial charge is 0.451 e. The van der Waals surface area contributed by atoms with Gasteiger partial charge >= 0.3 is 12.4 Å². The van der Waals surface area contributed by atoms with Gasteiger partial charge in [0.15, 0.2) is 0 Å². The molecule has 1 saturated heterocycles. The molecule has 0 bridgehead atoms. The summed E-state index contributed by atoms with van der Waals surface area (Å²) in [5.41, 5.74) is -1.36. The number of carbonyl (C=O) groups is 1. The van der Waals surface area contributed by atoms with Crippen molar-refractivity contribution in [3.63, 3.8) is 0 Å². The van der Waals surface area contributed by atoms with E-state index in [1.807, 2.05) is 6.92 Å². The Kier molecular flexibility index (Phi) is 5.97. The molecule has 162 valence electrons. The number of nitrogens with one attached hydrogen (secondary N) is 2. The molecule has 6 nitrogen and oxygen atoms in total. The van der Waals surface area contributed by atoms with Crippen LogP contribution in [0.5, 0.6) is 0 Å².